The molecule has 2 aliphatic rings. The van der Waals surface area contributed by atoms with Crippen LogP contribution < -0.4 is 10.6 Å². The van der Waals surface area contributed by atoms with Crippen LogP contribution in [0.25, 0.3) is 11.3 Å². The highest BCUT2D eigenvalue weighted by atomic mass is 35.5. The van der Waals surface area contributed by atoms with Crippen molar-refractivity contribution in [1.29, 1.82) is 0 Å². The first-order valence-electron chi connectivity index (χ1n) is 10.3. The van der Waals surface area contributed by atoms with Crippen LogP contribution in [0.4, 0.5) is 5.69 Å². The van der Waals surface area contributed by atoms with E-state index < -0.39 is 0 Å². The first-order valence-corrected chi connectivity index (χ1v) is 12.5. The summed E-state index contributed by atoms with van der Waals surface area (Å²) in [6.45, 7) is 4.74. The summed E-state index contributed by atoms with van der Waals surface area (Å²) in [6.07, 6.45) is 6.02. The van der Waals surface area contributed by atoms with Gasteiger partial charge in [0, 0.05) is 40.4 Å². The third-order valence-electron chi connectivity index (χ3n) is 6.46. The number of aromatic nitrogens is 3. The van der Waals surface area contributed by atoms with Gasteiger partial charge in [-0.2, -0.15) is 0 Å². The van der Waals surface area contributed by atoms with Gasteiger partial charge in [0.25, 0.3) is 0 Å². The van der Waals surface area contributed by atoms with Crippen LogP contribution in [0, 0.1) is 5.41 Å². The van der Waals surface area contributed by atoms with Crippen molar-refractivity contribution in [2.75, 3.05) is 24.6 Å². The Labute approximate surface area is 195 Å². The molecule has 0 radical (unpaired) electrons. The van der Waals surface area contributed by atoms with E-state index in [2.05, 4.69) is 26.8 Å². The highest BCUT2D eigenvalue weighted by Gasteiger charge is 2.47. The average Bonchev–Trinajstić information content (AvgIpc) is 3.42. The molecule has 9 heteroatoms. The van der Waals surface area contributed by atoms with Gasteiger partial charge in [0.2, 0.25) is 0 Å². The van der Waals surface area contributed by atoms with Gasteiger partial charge in [-0.15, -0.1) is 11.3 Å². The van der Waals surface area contributed by atoms with Crippen LogP contribution >= 0.6 is 34.7 Å². The molecule has 5 rings (SSSR count). The summed E-state index contributed by atoms with van der Waals surface area (Å²) in [5.41, 5.74) is 11.2. The predicted octanol–water partition coefficient (Wildman–Crippen LogP) is 4.74. The molecule has 0 aliphatic carbocycles. The van der Waals surface area contributed by atoms with E-state index in [0.29, 0.717) is 10.2 Å². The maximum absolute atomic E-state index is 6.64. The minimum Gasteiger partial charge on any atom is -0.376 e. The van der Waals surface area contributed by atoms with E-state index in [9.17, 15) is 0 Å². The maximum atomic E-state index is 6.64. The van der Waals surface area contributed by atoms with Crippen molar-refractivity contribution >= 4 is 40.4 Å². The van der Waals surface area contributed by atoms with E-state index in [1.165, 1.54) is 11.8 Å². The number of nitrogens with two attached hydrogens (primary N) is 1. The third kappa shape index (κ3) is 4.07. The summed E-state index contributed by atoms with van der Waals surface area (Å²) < 4.78 is 5.83. The van der Waals surface area contributed by atoms with Crippen LogP contribution in [0.2, 0.25) is 5.02 Å². The average molecular weight is 474 g/mol. The molecule has 3 aromatic rings. The van der Waals surface area contributed by atoms with E-state index in [1.807, 2.05) is 41.5 Å². The largest absolute Gasteiger partial charge is 0.376 e. The Morgan fingerprint density at radius 3 is 2.65 bits per heavy atom. The third-order valence-corrected chi connectivity index (χ3v) is 8.52. The minimum atomic E-state index is 0.117. The fourth-order valence-electron chi connectivity index (χ4n) is 4.44. The van der Waals surface area contributed by atoms with Gasteiger partial charge in [-0.3, -0.25) is 0 Å². The van der Waals surface area contributed by atoms with E-state index in [1.54, 1.807) is 11.3 Å². The zero-order valence-corrected chi connectivity index (χ0v) is 19.6. The normalized spacial score (nSPS) is 22.9. The summed E-state index contributed by atoms with van der Waals surface area (Å²) in [5, 5.41) is 3.35. The lowest BCUT2D eigenvalue weighted by molar-refractivity contribution is 0.0974. The smallest absolute Gasteiger partial charge is 0.192 e. The van der Waals surface area contributed by atoms with Gasteiger partial charge in [-0.25, -0.2) is 15.0 Å². The summed E-state index contributed by atoms with van der Waals surface area (Å²) in [5.74, 6) is 0. The number of benzene rings is 1. The molecule has 2 aromatic heterocycles. The molecular weight excluding hydrogens is 450 g/mol. The zero-order valence-electron chi connectivity index (χ0n) is 17.2. The minimum absolute atomic E-state index is 0.117. The first kappa shape index (κ1) is 21.2. The van der Waals surface area contributed by atoms with Crippen LogP contribution in [0.15, 0.2) is 51.5 Å². The number of halogens is 1. The lowest BCUT2D eigenvalue weighted by atomic mass is 9.73. The summed E-state index contributed by atoms with van der Waals surface area (Å²) in [4.78, 5) is 16.8. The van der Waals surface area contributed by atoms with Crippen molar-refractivity contribution in [2.45, 2.75) is 42.0 Å². The van der Waals surface area contributed by atoms with Gasteiger partial charge in [0.05, 0.1) is 47.0 Å². The fraction of sp³-hybridized carbons (Fsp3) is 0.409. The van der Waals surface area contributed by atoms with Gasteiger partial charge in [-0.05, 0) is 37.6 Å². The first-order chi connectivity index (χ1) is 15.1. The molecule has 4 heterocycles. The maximum Gasteiger partial charge on any atom is 0.192 e. The molecule has 0 bridgehead atoms. The fourth-order valence-corrected chi connectivity index (χ4v) is 6.08. The molecule has 2 atom stereocenters. The lowest BCUT2D eigenvalue weighted by Crippen LogP contribution is -2.50. The Bertz CT molecular complexity index is 1040. The van der Waals surface area contributed by atoms with Crippen molar-refractivity contribution < 1.29 is 4.74 Å². The van der Waals surface area contributed by atoms with Crippen molar-refractivity contribution in [3.05, 3.63) is 46.5 Å². The molecule has 0 saturated carbocycles. The monoisotopic (exact) mass is 473 g/mol. The Kier molecular flexibility index (Phi) is 5.92. The number of hydrogen-bond donors (Lipinski definition) is 1. The number of nitrogens with zero attached hydrogens (tertiary/aromatic N) is 4. The van der Waals surface area contributed by atoms with Crippen LogP contribution in [-0.2, 0) is 4.74 Å². The molecular formula is C22H24ClN5OS2. The summed E-state index contributed by atoms with van der Waals surface area (Å²) >= 11 is 9.67. The number of piperidine rings is 1. The quantitative estimate of drug-likeness (QED) is 0.548. The molecule has 0 unspecified atom stereocenters. The topological polar surface area (TPSA) is 77.2 Å². The lowest BCUT2D eigenvalue weighted by Gasteiger charge is -2.41. The standard InChI is InChI=1S/C22H24ClN5OS2/c1-14-20(24)22(12-29-14)5-7-28(8-6-22)15-9-25-21(26-10-15)31-18-4-2-3-16(19(18)23)17-11-30-13-27-17/h2-4,9-11,13-14,20H,5-8,12,24H2,1H3/t14-,20+/m0/s1. The van der Waals surface area contributed by atoms with Gasteiger partial charge in [-0.1, -0.05) is 23.7 Å². The molecule has 162 valence electrons. The van der Waals surface area contributed by atoms with E-state index >= 15 is 0 Å². The number of rotatable bonds is 4. The van der Waals surface area contributed by atoms with E-state index in [0.717, 1.165) is 54.4 Å². The molecule has 6 nitrogen and oxygen atoms in total. The van der Waals surface area contributed by atoms with Crippen molar-refractivity contribution in [2.24, 2.45) is 11.1 Å². The van der Waals surface area contributed by atoms with Crippen molar-refractivity contribution in [1.82, 2.24) is 15.0 Å². The number of ether oxygens (including phenoxy) is 1. The highest BCUT2D eigenvalue weighted by Crippen LogP contribution is 2.42. The number of anilines is 1. The van der Waals surface area contributed by atoms with E-state index in [4.69, 9.17) is 22.1 Å². The SMILES string of the molecule is C[C@@H]1OCC2(CCN(c3cnc(Sc4cccc(-c5cscn5)c4Cl)nc3)CC2)[C@@H]1N. The molecule has 31 heavy (non-hydrogen) atoms. The number of thiazole rings is 1. The Balaban J connectivity index is 1.26. The van der Waals surface area contributed by atoms with E-state index in [-0.39, 0.29) is 17.6 Å². The second-order valence-corrected chi connectivity index (χ2v) is 10.3. The Morgan fingerprint density at radius 2 is 2.00 bits per heavy atom. The van der Waals surface area contributed by atoms with Gasteiger partial charge in [0.1, 0.15) is 0 Å². The Hall–Kier alpha value is -1.71. The summed E-state index contributed by atoms with van der Waals surface area (Å²) in [6, 6.07) is 6.07. The van der Waals surface area contributed by atoms with Crippen molar-refractivity contribution in [3.8, 4) is 11.3 Å². The van der Waals surface area contributed by atoms with Gasteiger partial charge >= 0.3 is 0 Å². The molecule has 2 N–H and O–H groups in total. The van der Waals surface area contributed by atoms with Crippen LogP contribution in [0.1, 0.15) is 19.8 Å². The second kappa shape index (κ2) is 8.67. The summed E-state index contributed by atoms with van der Waals surface area (Å²) in [7, 11) is 0. The van der Waals surface area contributed by atoms with Crippen LogP contribution in [0.5, 0.6) is 0 Å². The molecule has 0 amide bonds. The molecule has 2 fully saturated rings. The Morgan fingerprint density at radius 1 is 1.23 bits per heavy atom. The zero-order chi connectivity index (χ0) is 21.4. The highest BCUT2D eigenvalue weighted by molar-refractivity contribution is 7.99. The molecule has 2 aliphatic heterocycles. The molecule has 1 spiro atoms. The molecule has 1 aromatic carbocycles. The second-order valence-electron chi connectivity index (χ2n) is 8.21. The van der Waals surface area contributed by atoms with Gasteiger partial charge < -0.3 is 15.4 Å². The predicted molar refractivity (Wildman–Crippen MR) is 126 cm³/mol. The van der Waals surface area contributed by atoms with Crippen molar-refractivity contribution in [3.63, 3.8) is 0 Å². The number of hydrogen-bond acceptors (Lipinski definition) is 8. The van der Waals surface area contributed by atoms with Crippen LogP contribution in [0.3, 0.4) is 0 Å². The molecule has 2 saturated heterocycles. The van der Waals surface area contributed by atoms with Crippen LogP contribution in [-0.4, -0.2) is 46.8 Å². The van der Waals surface area contributed by atoms with Gasteiger partial charge in [0.15, 0.2) is 5.16 Å².